The predicted octanol–water partition coefficient (Wildman–Crippen LogP) is 2.67. The van der Waals surface area contributed by atoms with Gasteiger partial charge in [-0.1, -0.05) is 26.7 Å². The van der Waals surface area contributed by atoms with Crippen LogP contribution in [0.15, 0.2) is 24.3 Å². The van der Waals surface area contributed by atoms with Crippen molar-refractivity contribution in [2.75, 3.05) is 5.32 Å². The standard InChI is InChI=1S/C18H27N3O2/c1-12(2)11-16(19)18(23)21-15-9-7-13(8-10-15)17(22)20-14-5-3-4-6-14/h7-10,12,14,16H,3-6,11,19H2,1-2H3,(H,20,22)(H,21,23)/t16-/m0/s1. The van der Waals surface area contributed by atoms with Crippen LogP contribution in [-0.4, -0.2) is 23.9 Å². The molecule has 0 heterocycles. The maximum absolute atomic E-state index is 12.1. The molecule has 1 saturated carbocycles. The highest BCUT2D eigenvalue weighted by molar-refractivity contribution is 5.97. The first kappa shape index (κ1) is 17.5. The Balaban J connectivity index is 1.88. The zero-order valence-electron chi connectivity index (χ0n) is 14.0. The zero-order chi connectivity index (χ0) is 16.8. The van der Waals surface area contributed by atoms with Crippen LogP contribution >= 0.6 is 0 Å². The van der Waals surface area contributed by atoms with Crippen LogP contribution < -0.4 is 16.4 Å². The van der Waals surface area contributed by atoms with Crippen LogP contribution in [0.25, 0.3) is 0 Å². The fourth-order valence-electron chi connectivity index (χ4n) is 2.89. The van der Waals surface area contributed by atoms with E-state index >= 15 is 0 Å². The lowest BCUT2D eigenvalue weighted by Gasteiger charge is -2.15. The topological polar surface area (TPSA) is 84.2 Å². The molecule has 2 rings (SSSR count). The van der Waals surface area contributed by atoms with Gasteiger partial charge in [-0.25, -0.2) is 0 Å². The highest BCUT2D eigenvalue weighted by atomic mass is 16.2. The van der Waals surface area contributed by atoms with Crippen molar-refractivity contribution in [3.05, 3.63) is 29.8 Å². The van der Waals surface area contributed by atoms with Gasteiger partial charge in [0.1, 0.15) is 0 Å². The van der Waals surface area contributed by atoms with Gasteiger partial charge >= 0.3 is 0 Å². The zero-order valence-corrected chi connectivity index (χ0v) is 14.0. The Morgan fingerprint density at radius 1 is 1.17 bits per heavy atom. The Hall–Kier alpha value is -1.88. The molecule has 1 aliphatic rings. The summed E-state index contributed by atoms with van der Waals surface area (Å²) in [5.41, 5.74) is 7.13. The molecule has 5 heteroatoms. The summed E-state index contributed by atoms with van der Waals surface area (Å²) in [4.78, 5) is 24.1. The lowest BCUT2D eigenvalue weighted by atomic mass is 10.0. The van der Waals surface area contributed by atoms with Crippen LogP contribution in [0.1, 0.15) is 56.3 Å². The Kier molecular flexibility index (Phi) is 6.16. The Bertz CT molecular complexity index is 534. The van der Waals surface area contributed by atoms with Crippen LogP contribution in [0.2, 0.25) is 0 Å². The molecule has 1 atom stereocenters. The summed E-state index contributed by atoms with van der Waals surface area (Å²) in [6.07, 6.45) is 5.15. The van der Waals surface area contributed by atoms with E-state index in [2.05, 4.69) is 10.6 Å². The number of hydrogen-bond donors (Lipinski definition) is 3. The molecule has 2 amide bonds. The van der Waals surface area contributed by atoms with Gasteiger partial charge in [0.2, 0.25) is 5.91 Å². The highest BCUT2D eigenvalue weighted by Gasteiger charge is 2.18. The molecule has 0 radical (unpaired) electrons. The van der Waals surface area contributed by atoms with Gasteiger partial charge < -0.3 is 16.4 Å². The second-order valence-corrected chi connectivity index (χ2v) is 6.76. The molecule has 4 N–H and O–H groups in total. The number of nitrogens with one attached hydrogen (secondary N) is 2. The van der Waals surface area contributed by atoms with E-state index < -0.39 is 6.04 Å². The molecule has 126 valence electrons. The van der Waals surface area contributed by atoms with E-state index in [1.165, 1.54) is 12.8 Å². The summed E-state index contributed by atoms with van der Waals surface area (Å²) in [5, 5.41) is 5.84. The number of amides is 2. The third kappa shape index (κ3) is 5.36. The summed E-state index contributed by atoms with van der Waals surface area (Å²) in [6, 6.07) is 6.73. The van der Waals surface area contributed by atoms with Crippen molar-refractivity contribution >= 4 is 17.5 Å². The summed E-state index contributed by atoms with van der Waals surface area (Å²) in [5.74, 6) is 0.130. The lowest BCUT2D eigenvalue weighted by molar-refractivity contribution is -0.117. The fraction of sp³-hybridized carbons (Fsp3) is 0.556. The largest absolute Gasteiger partial charge is 0.349 e. The van der Waals surface area contributed by atoms with Crippen LogP contribution in [0.3, 0.4) is 0 Å². The van der Waals surface area contributed by atoms with E-state index in [9.17, 15) is 9.59 Å². The number of nitrogens with two attached hydrogens (primary N) is 1. The molecule has 1 aliphatic carbocycles. The molecular formula is C18H27N3O2. The molecule has 0 bridgehead atoms. The van der Waals surface area contributed by atoms with Crippen LogP contribution in [-0.2, 0) is 4.79 Å². The van der Waals surface area contributed by atoms with Crippen LogP contribution in [0.4, 0.5) is 5.69 Å². The first-order valence-electron chi connectivity index (χ1n) is 8.43. The van der Waals surface area contributed by atoms with E-state index in [1.54, 1.807) is 24.3 Å². The second kappa shape index (κ2) is 8.11. The molecule has 0 unspecified atom stereocenters. The number of benzene rings is 1. The minimum absolute atomic E-state index is 0.0497. The molecule has 5 nitrogen and oxygen atoms in total. The number of hydrogen-bond acceptors (Lipinski definition) is 3. The predicted molar refractivity (Wildman–Crippen MR) is 92.2 cm³/mol. The number of carbonyl (C=O) groups is 2. The van der Waals surface area contributed by atoms with Crippen LogP contribution in [0, 0.1) is 5.92 Å². The average Bonchev–Trinajstić information content (AvgIpc) is 3.00. The molecule has 1 fully saturated rings. The summed E-state index contributed by atoms with van der Waals surface area (Å²) in [6.45, 7) is 4.07. The van der Waals surface area contributed by atoms with Crippen molar-refractivity contribution in [3.63, 3.8) is 0 Å². The molecular weight excluding hydrogens is 290 g/mol. The Morgan fingerprint density at radius 2 is 1.78 bits per heavy atom. The van der Waals surface area contributed by atoms with E-state index in [0.717, 1.165) is 12.8 Å². The third-order valence-corrected chi connectivity index (χ3v) is 4.17. The van der Waals surface area contributed by atoms with Gasteiger partial charge in [0.15, 0.2) is 0 Å². The molecule has 23 heavy (non-hydrogen) atoms. The summed E-state index contributed by atoms with van der Waals surface area (Å²) in [7, 11) is 0. The van der Waals surface area contributed by atoms with Crippen molar-refractivity contribution < 1.29 is 9.59 Å². The van der Waals surface area contributed by atoms with Crippen LogP contribution in [0.5, 0.6) is 0 Å². The normalized spacial score (nSPS) is 16.3. The van der Waals surface area contributed by atoms with Crippen molar-refractivity contribution in [2.24, 2.45) is 11.7 Å². The molecule has 0 aliphatic heterocycles. The average molecular weight is 317 g/mol. The Labute approximate surface area is 138 Å². The Morgan fingerprint density at radius 3 is 2.35 bits per heavy atom. The van der Waals surface area contributed by atoms with Gasteiger partial charge in [0, 0.05) is 17.3 Å². The van der Waals surface area contributed by atoms with Gasteiger partial charge in [-0.15, -0.1) is 0 Å². The maximum Gasteiger partial charge on any atom is 0.251 e. The van der Waals surface area contributed by atoms with Crippen molar-refractivity contribution in [1.82, 2.24) is 5.32 Å². The number of rotatable bonds is 6. The molecule has 0 spiro atoms. The van der Waals surface area contributed by atoms with E-state index in [-0.39, 0.29) is 11.8 Å². The summed E-state index contributed by atoms with van der Waals surface area (Å²) >= 11 is 0. The molecule has 0 saturated heterocycles. The van der Waals surface area contributed by atoms with Gasteiger partial charge in [-0.3, -0.25) is 9.59 Å². The second-order valence-electron chi connectivity index (χ2n) is 6.76. The van der Waals surface area contributed by atoms with Gasteiger partial charge in [0.25, 0.3) is 5.91 Å². The maximum atomic E-state index is 12.1. The van der Waals surface area contributed by atoms with Crippen molar-refractivity contribution in [1.29, 1.82) is 0 Å². The molecule has 1 aromatic carbocycles. The quantitative estimate of drug-likeness (QED) is 0.754. The minimum atomic E-state index is -0.514. The van der Waals surface area contributed by atoms with E-state index in [4.69, 9.17) is 5.73 Å². The lowest BCUT2D eigenvalue weighted by Crippen LogP contribution is -2.36. The molecule has 0 aromatic heterocycles. The smallest absolute Gasteiger partial charge is 0.251 e. The van der Waals surface area contributed by atoms with E-state index in [1.807, 2.05) is 13.8 Å². The van der Waals surface area contributed by atoms with Gasteiger partial charge in [-0.05, 0) is 49.4 Å². The van der Waals surface area contributed by atoms with Gasteiger partial charge in [-0.2, -0.15) is 0 Å². The van der Waals surface area contributed by atoms with E-state index in [0.29, 0.717) is 29.6 Å². The summed E-state index contributed by atoms with van der Waals surface area (Å²) < 4.78 is 0. The third-order valence-electron chi connectivity index (χ3n) is 4.17. The minimum Gasteiger partial charge on any atom is -0.349 e. The first-order chi connectivity index (χ1) is 11.0. The fourth-order valence-corrected chi connectivity index (χ4v) is 2.89. The highest BCUT2D eigenvalue weighted by Crippen LogP contribution is 2.18. The number of anilines is 1. The number of carbonyl (C=O) groups excluding carboxylic acids is 2. The SMILES string of the molecule is CC(C)C[C@H](N)C(=O)Nc1ccc(C(=O)NC2CCCC2)cc1. The first-order valence-corrected chi connectivity index (χ1v) is 8.43. The van der Waals surface area contributed by atoms with Gasteiger partial charge in [0.05, 0.1) is 6.04 Å². The van der Waals surface area contributed by atoms with Crippen molar-refractivity contribution in [2.45, 2.75) is 58.0 Å². The monoisotopic (exact) mass is 317 g/mol. The molecule has 1 aromatic rings. The van der Waals surface area contributed by atoms with Crippen molar-refractivity contribution in [3.8, 4) is 0 Å².